The Morgan fingerprint density at radius 2 is 1.75 bits per heavy atom. The lowest BCUT2D eigenvalue weighted by Gasteiger charge is -2.15. The second kappa shape index (κ2) is 3.52. The first-order valence-electron chi connectivity index (χ1n) is 4.19. The molecule has 0 bridgehead atoms. The summed E-state index contributed by atoms with van der Waals surface area (Å²) in [4.78, 5) is 8.21. The number of hydrogen-bond acceptors (Lipinski definition) is 3. The van der Waals surface area contributed by atoms with Gasteiger partial charge >= 0.3 is 0 Å². The minimum atomic E-state index is 0.374. The molecule has 66 valence electrons. The summed E-state index contributed by atoms with van der Waals surface area (Å²) in [7, 11) is 0. The molecule has 0 aromatic carbocycles. The highest BCUT2D eigenvalue weighted by Crippen LogP contribution is 2.24. The molecule has 0 saturated carbocycles. The van der Waals surface area contributed by atoms with E-state index in [0.717, 1.165) is 5.69 Å². The van der Waals surface area contributed by atoms with Gasteiger partial charge in [0.15, 0.2) is 0 Å². The number of nitrogen functional groups attached to an aromatic ring is 1. The maximum Gasteiger partial charge on any atom is 0.145 e. The summed E-state index contributed by atoms with van der Waals surface area (Å²) in [5.74, 6) is 1.47. The zero-order valence-electron chi connectivity index (χ0n) is 7.78. The standard InChI is InChI=1S/C9H15N3/c1-6(2)7(3)8-9(10)12-5-4-11-8/h4-7H,1-3H3,(H2,10,12)/t7-/m0/s1. The first-order valence-corrected chi connectivity index (χ1v) is 4.19. The Balaban J connectivity index is 2.94. The first kappa shape index (κ1) is 8.97. The lowest BCUT2D eigenvalue weighted by molar-refractivity contribution is 0.523. The summed E-state index contributed by atoms with van der Waals surface area (Å²) in [5.41, 5.74) is 6.60. The van der Waals surface area contributed by atoms with E-state index >= 15 is 0 Å². The fourth-order valence-electron chi connectivity index (χ4n) is 1.03. The molecule has 2 N–H and O–H groups in total. The van der Waals surface area contributed by atoms with E-state index in [1.54, 1.807) is 12.4 Å². The van der Waals surface area contributed by atoms with Crippen molar-refractivity contribution in [3.8, 4) is 0 Å². The number of nitrogens with two attached hydrogens (primary N) is 1. The van der Waals surface area contributed by atoms with Crippen molar-refractivity contribution >= 4 is 5.82 Å². The molecule has 0 unspecified atom stereocenters. The molecule has 1 aromatic rings. The van der Waals surface area contributed by atoms with Crippen LogP contribution >= 0.6 is 0 Å². The van der Waals surface area contributed by atoms with E-state index in [1.165, 1.54) is 0 Å². The summed E-state index contributed by atoms with van der Waals surface area (Å²) >= 11 is 0. The second-order valence-electron chi connectivity index (χ2n) is 3.36. The molecule has 0 aliphatic heterocycles. The summed E-state index contributed by atoms with van der Waals surface area (Å²) in [6.07, 6.45) is 3.30. The van der Waals surface area contributed by atoms with Crippen LogP contribution in [0.5, 0.6) is 0 Å². The third-order valence-electron chi connectivity index (χ3n) is 2.19. The smallest absolute Gasteiger partial charge is 0.145 e. The molecular weight excluding hydrogens is 150 g/mol. The molecule has 12 heavy (non-hydrogen) atoms. The minimum Gasteiger partial charge on any atom is -0.382 e. The average Bonchev–Trinajstić information content (AvgIpc) is 2.04. The summed E-state index contributed by atoms with van der Waals surface area (Å²) in [6.45, 7) is 6.42. The van der Waals surface area contributed by atoms with E-state index in [9.17, 15) is 0 Å². The SMILES string of the molecule is CC(C)[C@H](C)c1nccnc1N. The van der Waals surface area contributed by atoms with Gasteiger partial charge in [-0.3, -0.25) is 4.98 Å². The van der Waals surface area contributed by atoms with Crippen LogP contribution in [-0.4, -0.2) is 9.97 Å². The van der Waals surface area contributed by atoms with E-state index in [-0.39, 0.29) is 0 Å². The fourth-order valence-corrected chi connectivity index (χ4v) is 1.03. The maximum atomic E-state index is 5.69. The van der Waals surface area contributed by atoms with E-state index in [2.05, 4.69) is 30.7 Å². The van der Waals surface area contributed by atoms with Gasteiger partial charge in [0.25, 0.3) is 0 Å². The fraction of sp³-hybridized carbons (Fsp3) is 0.556. The number of aromatic nitrogens is 2. The summed E-state index contributed by atoms with van der Waals surface area (Å²) < 4.78 is 0. The van der Waals surface area contributed by atoms with Crippen molar-refractivity contribution < 1.29 is 0 Å². The summed E-state index contributed by atoms with van der Waals surface area (Å²) in [6, 6.07) is 0. The molecule has 3 nitrogen and oxygen atoms in total. The average molecular weight is 165 g/mol. The van der Waals surface area contributed by atoms with E-state index in [4.69, 9.17) is 5.73 Å². The Morgan fingerprint density at radius 1 is 1.17 bits per heavy atom. The van der Waals surface area contributed by atoms with Gasteiger partial charge in [-0.25, -0.2) is 4.98 Å². The Bertz CT molecular complexity index is 258. The molecule has 1 heterocycles. The van der Waals surface area contributed by atoms with Crippen LogP contribution < -0.4 is 5.73 Å². The molecular formula is C9H15N3. The minimum absolute atomic E-state index is 0.374. The molecule has 0 spiro atoms. The van der Waals surface area contributed by atoms with Gasteiger partial charge in [-0.2, -0.15) is 0 Å². The van der Waals surface area contributed by atoms with E-state index < -0.39 is 0 Å². The van der Waals surface area contributed by atoms with Crippen LogP contribution in [0.4, 0.5) is 5.82 Å². The molecule has 3 heteroatoms. The second-order valence-corrected chi connectivity index (χ2v) is 3.36. The molecule has 1 atom stereocenters. The van der Waals surface area contributed by atoms with Crippen LogP contribution in [0.25, 0.3) is 0 Å². The van der Waals surface area contributed by atoms with Gasteiger partial charge in [-0.1, -0.05) is 20.8 Å². The van der Waals surface area contributed by atoms with Crippen molar-refractivity contribution in [2.45, 2.75) is 26.7 Å². The molecule has 0 radical (unpaired) electrons. The highest BCUT2D eigenvalue weighted by Gasteiger charge is 2.14. The zero-order valence-corrected chi connectivity index (χ0v) is 7.78. The topological polar surface area (TPSA) is 51.8 Å². The normalized spacial score (nSPS) is 13.3. The predicted molar refractivity (Wildman–Crippen MR) is 49.7 cm³/mol. The Labute approximate surface area is 73.0 Å². The molecule has 1 rings (SSSR count). The van der Waals surface area contributed by atoms with Crippen molar-refractivity contribution in [2.75, 3.05) is 5.73 Å². The van der Waals surface area contributed by atoms with Gasteiger partial charge in [-0.05, 0) is 5.92 Å². The van der Waals surface area contributed by atoms with Crippen molar-refractivity contribution in [3.63, 3.8) is 0 Å². The van der Waals surface area contributed by atoms with Crippen molar-refractivity contribution in [2.24, 2.45) is 5.92 Å². The number of nitrogens with zero attached hydrogens (tertiary/aromatic N) is 2. The molecule has 0 aliphatic rings. The van der Waals surface area contributed by atoms with Crippen LogP contribution in [-0.2, 0) is 0 Å². The molecule has 0 aliphatic carbocycles. The van der Waals surface area contributed by atoms with Gasteiger partial charge in [0, 0.05) is 18.3 Å². The van der Waals surface area contributed by atoms with Gasteiger partial charge in [0.2, 0.25) is 0 Å². The van der Waals surface area contributed by atoms with Gasteiger partial charge in [-0.15, -0.1) is 0 Å². The Kier molecular flexibility index (Phi) is 2.63. The van der Waals surface area contributed by atoms with Crippen LogP contribution in [0.2, 0.25) is 0 Å². The van der Waals surface area contributed by atoms with E-state index in [0.29, 0.717) is 17.7 Å². The number of anilines is 1. The quantitative estimate of drug-likeness (QED) is 0.727. The van der Waals surface area contributed by atoms with Crippen LogP contribution in [0.15, 0.2) is 12.4 Å². The lowest BCUT2D eigenvalue weighted by atomic mass is 9.94. The van der Waals surface area contributed by atoms with Crippen LogP contribution in [0.1, 0.15) is 32.4 Å². The third kappa shape index (κ3) is 1.72. The maximum absolute atomic E-state index is 5.69. The Morgan fingerprint density at radius 3 is 2.25 bits per heavy atom. The van der Waals surface area contributed by atoms with Crippen molar-refractivity contribution in [1.82, 2.24) is 9.97 Å². The number of hydrogen-bond donors (Lipinski definition) is 1. The van der Waals surface area contributed by atoms with Crippen molar-refractivity contribution in [1.29, 1.82) is 0 Å². The Hall–Kier alpha value is -1.12. The zero-order chi connectivity index (χ0) is 9.14. The third-order valence-corrected chi connectivity index (χ3v) is 2.19. The largest absolute Gasteiger partial charge is 0.382 e. The summed E-state index contributed by atoms with van der Waals surface area (Å²) in [5, 5.41) is 0. The monoisotopic (exact) mass is 165 g/mol. The van der Waals surface area contributed by atoms with Gasteiger partial charge in [0.05, 0.1) is 5.69 Å². The highest BCUT2D eigenvalue weighted by molar-refractivity contribution is 5.35. The molecule has 0 saturated heterocycles. The predicted octanol–water partition coefficient (Wildman–Crippen LogP) is 1.82. The lowest BCUT2D eigenvalue weighted by Crippen LogP contribution is -2.08. The number of rotatable bonds is 2. The first-order chi connectivity index (χ1) is 5.63. The van der Waals surface area contributed by atoms with E-state index in [1.807, 2.05) is 0 Å². The molecule has 0 fully saturated rings. The van der Waals surface area contributed by atoms with Gasteiger partial charge in [0.1, 0.15) is 5.82 Å². The molecule has 1 aromatic heterocycles. The van der Waals surface area contributed by atoms with Crippen LogP contribution in [0, 0.1) is 5.92 Å². The van der Waals surface area contributed by atoms with Crippen molar-refractivity contribution in [3.05, 3.63) is 18.1 Å². The van der Waals surface area contributed by atoms with Crippen LogP contribution in [0.3, 0.4) is 0 Å². The van der Waals surface area contributed by atoms with Gasteiger partial charge < -0.3 is 5.73 Å². The molecule has 0 amide bonds. The highest BCUT2D eigenvalue weighted by atomic mass is 14.9.